The second-order valence-corrected chi connectivity index (χ2v) is 8.85. The minimum atomic E-state index is -0.603. The Balaban J connectivity index is 1.57. The van der Waals surface area contributed by atoms with E-state index in [9.17, 15) is 9.59 Å². The molecule has 3 aromatic rings. The summed E-state index contributed by atoms with van der Waals surface area (Å²) in [5, 5.41) is 4.93. The van der Waals surface area contributed by atoms with Crippen LogP contribution in [0.15, 0.2) is 72.1 Å². The third-order valence-electron chi connectivity index (χ3n) is 5.95. The van der Waals surface area contributed by atoms with Crippen LogP contribution in [0.25, 0.3) is 10.4 Å². The number of amides is 2. The summed E-state index contributed by atoms with van der Waals surface area (Å²) in [7, 11) is 1.68. The molecule has 1 aliphatic heterocycles. The van der Waals surface area contributed by atoms with Crippen LogP contribution in [0.2, 0.25) is 0 Å². The zero-order chi connectivity index (χ0) is 21.0. The van der Waals surface area contributed by atoms with Crippen LogP contribution in [-0.4, -0.2) is 36.9 Å². The molecule has 1 atom stereocenters. The molecular weight excluding hydrogens is 392 g/mol. The SMILES string of the molecule is CNC(=O)[C@]1(Cc2ccccc2-c2cccs2)CCN(C(=O)Cc2ccccc2)C1. The van der Waals surface area contributed by atoms with Gasteiger partial charge in [-0.05, 0) is 41.0 Å². The Bertz CT molecular complexity index is 1020. The van der Waals surface area contributed by atoms with Crippen LogP contribution < -0.4 is 5.32 Å². The summed E-state index contributed by atoms with van der Waals surface area (Å²) in [6.07, 6.45) is 1.66. The van der Waals surface area contributed by atoms with Crippen molar-refractivity contribution in [1.29, 1.82) is 0 Å². The standard InChI is InChI=1S/C25H26N2O2S/c1-26-24(29)25(17-20-10-5-6-11-21(20)22-12-7-15-30-22)13-14-27(18-25)23(28)16-19-8-3-2-4-9-19/h2-12,15H,13-14,16-18H2,1H3,(H,26,29)/t25-/m0/s1. The lowest BCUT2D eigenvalue weighted by molar-refractivity contribution is -0.132. The fraction of sp³-hybridized carbons (Fsp3) is 0.280. The quantitative estimate of drug-likeness (QED) is 0.653. The van der Waals surface area contributed by atoms with Crippen molar-refractivity contribution >= 4 is 23.2 Å². The maximum Gasteiger partial charge on any atom is 0.228 e. The molecule has 2 aromatic carbocycles. The molecule has 154 valence electrons. The topological polar surface area (TPSA) is 49.4 Å². The van der Waals surface area contributed by atoms with Gasteiger partial charge in [0.25, 0.3) is 0 Å². The van der Waals surface area contributed by atoms with Crippen molar-refractivity contribution in [3.05, 3.63) is 83.2 Å². The summed E-state index contributed by atoms with van der Waals surface area (Å²) in [5.74, 6) is 0.0945. The van der Waals surface area contributed by atoms with Crippen LogP contribution in [0.5, 0.6) is 0 Å². The number of carbonyl (C=O) groups excluding carboxylic acids is 2. The predicted octanol–water partition coefficient (Wildman–Crippen LogP) is 4.17. The summed E-state index contributed by atoms with van der Waals surface area (Å²) >= 11 is 1.70. The Morgan fingerprint density at radius 2 is 1.80 bits per heavy atom. The molecule has 4 rings (SSSR count). The molecule has 2 heterocycles. The zero-order valence-corrected chi connectivity index (χ0v) is 18.0. The summed E-state index contributed by atoms with van der Waals surface area (Å²) in [6.45, 7) is 1.07. The van der Waals surface area contributed by atoms with Crippen LogP contribution in [-0.2, 0) is 22.4 Å². The molecular formula is C25H26N2O2S. The van der Waals surface area contributed by atoms with Gasteiger partial charge in [-0.15, -0.1) is 11.3 Å². The van der Waals surface area contributed by atoms with Gasteiger partial charge in [-0.3, -0.25) is 9.59 Å². The molecule has 1 N–H and O–H groups in total. The number of likely N-dealkylation sites (tertiary alicyclic amines) is 1. The highest BCUT2D eigenvalue weighted by atomic mass is 32.1. The van der Waals surface area contributed by atoms with E-state index in [0.717, 1.165) is 11.1 Å². The molecule has 1 saturated heterocycles. The van der Waals surface area contributed by atoms with E-state index < -0.39 is 5.41 Å². The Kier molecular flexibility index (Phi) is 6.00. The maximum absolute atomic E-state index is 13.0. The van der Waals surface area contributed by atoms with Gasteiger partial charge in [0.1, 0.15) is 0 Å². The fourth-order valence-corrected chi connectivity index (χ4v) is 5.14. The largest absolute Gasteiger partial charge is 0.359 e. The Labute approximate surface area is 181 Å². The zero-order valence-electron chi connectivity index (χ0n) is 17.1. The van der Waals surface area contributed by atoms with Crippen molar-refractivity contribution in [2.75, 3.05) is 20.1 Å². The van der Waals surface area contributed by atoms with Crippen LogP contribution in [0, 0.1) is 5.41 Å². The first-order valence-electron chi connectivity index (χ1n) is 10.3. The molecule has 0 radical (unpaired) electrons. The number of nitrogens with one attached hydrogen (secondary N) is 1. The first-order valence-corrected chi connectivity index (χ1v) is 11.1. The van der Waals surface area contributed by atoms with Gasteiger partial charge in [0.2, 0.25) is 11.8 Å². The lowest BCUT2D eigenvalue weighted by atomic mass is 9.78. The minimum absolute atomic E-state index is 0.0125. The molecule has 4 nitrogen and oxygen atoms in total. The van der Waals surface area contributed by atoms with E-state index in [-0.39, 0.29) is 11.8 Å². The Morgan fingerprint density at radius 3 is 2.53 bits per heavy atom. The number of hydrogen-bond acceptors (Lipinski definition) is 3. The molecule has 0 spiro atoms. The van der Waals surface area contributed by atoms with Crippen molar-refractivity contribution in [3.8, 4) is 10.4 Å². The first-order chi connectivity index (χ1) is 14.6. The minimum Gasteiger partial charge on any atom is -0.359 e. The molecule has 0 bridgehead atoms. The Morgan fingerprint density at radius 1 is 1.03 bits per heavy atom. The number of hydrogen-bond donors (Lipinski definition) is 1. The van der Waals surface area contributed by atoms with E-state index in [0.29, 0.717) is 32.4 Å². The molecule has 1 fully saturated rings. The lowest BCUT2D eigenvalue weighted by Crippen LogP contribution is -2.44. The van der Waals surface area contributed by atoms with Gasteiger partial charge in [-0.2, -0.15) is 0 Å². The van der Waals surface area contributed by atoms with Crippen LogP contribution in [0.4, 0.5) is 0 Å². The third kappa shape index (κ3) is 4.17. The molecule has 1 aromatic heterocycles. The number of benzene rings is 2. The van der Waals surface area contributed by atoms with E-state index in [4.69, 9.17) is 0 Å². The summed E-state index contributed by atoms with van der Waals surface area (Å²) < 4.78 is 0. The van der Waals surface area contributed by atoms with Gasteiger partial charge in [0.15, 0.2) is 0 Å². The number of nitrogens with zero attached hydrogens (tertiary/aromatic N) is 1. The molecule has 0 saturated carbocycles. The lowest BCUT2D eigenvalue weighted by Gasteiger charge is -2.28. The maximum atomic E-state index is 13.0. The highest BCUT2D eigenvalue weighted by Gasteiger charge is 2.45. The van der Waals surface area contributed by atoms with Gasteiger partial charge in [0, 0.05) is 25.0 Å². The normalized spacial score (nSPS) is 18.4. The summed E-state index contributed by atoms with van der Waals surface area (Å²) in [5.41, 5.74) is 2.72. The van der Waals surface area contributed by atoms with Crippen molar-refractivity contribution < 1.29 is 9.59 Å². The second-order valence-electron chi connectivity index (χ2n) is 7.90. The smallest absolute Gasteiger partial charge is 0.228 e. The highest BCUT2D eigenvalue weighted by molar-refractivity contribution is 7.13. The van der Waals surface area contributed by atoms with E-state index in [2.05, 4.69) is 28.9 Å². The van der Waals surface area contributed by atoms with Crippen molar-refractivity contribution in [2.45, 2.75) is 19.3 Å². The van der Waals surface area contributed by atoms with Crippen LogP contribution >= 0.6 is 11.3 Å². The van der Waals surface area contributed by atoms with Crippen molar-refractivity contribution in [3.63, 3.8) is 0 Å². The third-order valence-corrected chi connectivity index (χ3v) is 6.85. The van der Waals surface area contributed by atoms with E-state index in [1.54, 1.807) is 18.4 Å². The van der Waals surface area contributed by atoms with Gasteiger partial charge in [-0.25, -0.2) is 0 Å². The van der Waals surface area contributed by atoms with Crippen molar-refractivity contribution in [2.24, 2.45) is 5.41 Å². The first kappa shape index (κ1) is 20.4. The van der Waals surface area contributed by atoms with E-state index >= 15 is 0 Å². The van der Waals surface area contributed by atoms with Crippen LogP contribution in [0.1, 0.15) is 17.5 Å². The van der Waals surface area contributed by atoms with Gasteiger partial charge < -0.3 is 10.2 Å². The average Bonchev–Trinajstić information content (AvgIpc) is 3.45. The number of rotatable bonds is 6. The van der Waals surface area contributed by atoms with Gasteiger partial charge in [-0.1, -0.05) is 60.7 Å². The fourth-order valence-electron chi connectivity index (χ4n) is 4.35. The monoisotopic (exact) mass is 418 g/mol. The van der Waals surface area contributed by atoms with Crippen LogP contribution in [0.3, 0.4) is 0 Å². The summed E-state index contributed by atoms with van der Waals surface area (Å²) in [4.78, 5) is 29.0. The summed E-state index contributed by atoms with van der Waals surface area (Å²) in [6, 6.07) is 22.2. The average molecular weight is 419 g/mol. The molecule has 2 amide bonds. The molecule has 30 heavy (non-hydrogen) atoms. The Hall–Kier alpha value is -2.92. The molecule has 0 unspecified atom stereocenters. The highest BCUT2D eigenvalue weighted by Crippen LogP contribution is 2.38. The van der Waals surface area contributed by atoms with Crippen molar-refractivity contribution in [1.82, 2.24) is 10.2 Å². The van der Waals surface area contributed by atoms with E-state index in [1.807, 2.05) is 53.4 Å². The van der Waals surface area contributed by atoms with E-state index in [1.165, 1.54) is 10.4 Å². The molecule has 0 aliphatic carbocycles. The molecule has 5 heteroatoms. The second kappa shape index (κ2) is 8.84. The predicted molar refractivity (Wildman–Crippen MR) is 121 cm³/mol. The molecule has 1 aliphatic rings. The van der Waals surface area contributed by atoms with Gasteiger partial charge in [0.05, 0.1) is 11.8 Å². The number of thiophene rings is 1. The number of carbonyl (C=O) groups is 2. The van der Waals surface area contributed by atoms with Gasteiger partial charge >= 0.3 is 0 Å².